The van der Waals surface area contributed by atoms with Gasteiger partial charge in [0.1, 0.15) is 5.82 Å². The van der Waals surface area contributed by atoms with Crippen molar-refractivity contribution in [3.05, 3.63) is 40.7 Å². The molecule has 0 atom stereocenters. The fraction of sp³-hybridized carbons (Fsp3) is 0.308. The molecule has 0 unspecified atom stereocenters. The molecule has 1 aromatic rings. The van der Waals surface area contributed by atoms with E-state index < -0.39 is 0 Å². The summed E-state index contributed by atoms with van der Waals surface area (Å²) in [5, 5.41) is 7.18. The molecule has 2 N–H and O–H groups in total. The lowest BCUT2D eigenvalue weighted by atomic mass is 10.1. The summed E-state index contributed by atoms with van der Waals surface area (Å²) in [5.74, 6) is 0.785. The fourth-order valence-electron chi connectivity index (χ4n) is 1.80. The van der Waals surface area contributed by atoms with Crippen molar-refractivity contribution < 1.29 is 4.79 Å². The van der Waals surface area contributed by atoms with Crippen LogP contribution in [0.5, 0.6) is 0 Å². The van der Waals surface area contributed by atoms with Gasteiger partial charge in [-0.1, -0.05) is 23.7 Å². The lowest BCUT2D eigenvalue weighted by Crippen LogP contribution is -2.34. The van der Waals surface area contributed by atoms with Crippen LogP contribution >= 0.6 is 11.6 Å². The van der Waals surface area contributed by atoms with E-state index in [1.165, 1.54) is 0 Å². The quantitative estimate of drug-likeness (QED) is 0.625. The van der Waals surface area contributed by atoms with Crippen molar-refractivity contribution in [1.82, 2.24) is 10.6 Å². The zero-order valence-corrected chi connectivity index (χ0v) is 10.6. The number of carbonyl (C=O) groups excluding carboxylic acids is 1. The summed E-state index contributed by atoms with van der Waals surface area (Å²) in [6.45, 7) is 4.96. The second kappa shape index (κ2) is 4.41. The number of nitrogens with one attached hydrogen (secondary N) is 2. The summed E-state index contributed by atoms with van der Waals surface area (Å²) in [7, 11) is 0. The molecule has 2 rings (SSSR count). The Morgan fingerprint density at radius 3 is 2.47 bits per heavy atom. The molecule has 0 saturated carbocycles. The van der Waals surface area contributed by atoms with Crippen molar-refractivity contribution in [2.75, 3.05) is 6.54 Å². The van der Waals surface area contributed by atoms with Crippen LogP contribution in [0.15, 0.2) is 30.1 Å². The number of hydrogen-bond acceptors (Lipinski definition) is 3. The topological polar surface area (TPSA) is 41.1 Å². The van der Waals surface area contributed by atoms with Gasteiger partial charge >= 0.3 is 0 Å². The maximum absolute atomic E-state index is 11.2. The van der Waals surface area contributed by atoms with E-state index in [-0.39, 0.29) is 5.54 Å². The van der Waals surface area contributed by atoms with Crippen LogP contribution in [0.1, 0.15) is 19.4 Å². The number of halogens is 1. The number of rotatable bonds is 2. The van der Waals surface area contributed by atoms with Gasteiger partial charge in [-0.15, -0.1) is 0 Å². The molecule has 17 heavy (non-hydrogen) atoms. The van der Waals surface area contributed by atoms with Gasteiger partial charge < -0.3 is 10.6 Å². The van der Waals surface area contributed by atoms with E-state index in [1.807, 2.05) is 12.1 Å². The lowest BCUT2D eigenvalue weighted by molar-refractivity contribution is -0.103. The van der Waals surface area contributed by atoms with E-state index >= 15 is 0 Å². The molecule has 1 heterocycles. The van der Waals surface area contributed by atoms with E-state index in [0.29, 0.717) is 10.6 Å². The first kappa shape index (κ1) is 12.0. The average Bonchev–Trinajstić information content (AvgIpc) is 2.63. The normalized spacial score (nSPS) is 20.4. The molecule has 1 aliphatic heterocycles. The van der Waals surface area contributed by atoms with Gasteiger partial charge in [0, 0.05) is 11.6 Å². The van der Waals surface area contributed by atoms with Crippen LogP contribution in [0.3, 0.4) is 0 Å². The highest BCUT2D eigenvalue weighted by Crippen LogP contribution is 2.21. The highest BCUT2D eigenvalue weighted by molar-refractivity contribution is 6.30. The summed E-state index contributed by atoms with van der Waals surface area (Å²) in [6, 6.07) is 7.24. The smallest absolute Gasteiger partial charge is 0.154 e. The molecule has 1 fully saturated rings. The van der Waals surface area contributed by atoms with Crippen molar-refractivity contribution in [2.24, 2.45) is 0 Å². The molecule has 0 bridgehead atoms. The average molecular weight is 251 g/mol. The van der Waals surface area contributed by atoms with E-state index in [2.05, 4.69) is 24.5 Å². The van der Waals surface area contributed by atoms with Gasteiger partial charge in [0.2, 0.25) is 0 Å². The monoisotopic (exact) mass is 250 g/mol. The third-order valence-electron chi connectivity index (χ3n) is 2.71. The Hall–Kier alpha value is -1.48. The van der Waals surface area contributed by atoms with E-state index in [0.717, 1.165) is 24.2 Å². The third-order valence-corrected chi connectivity index (χ3v) is 2.96. The molecule has 0 spiro atoms. The minimum atomic E-state index is -0.0317. The Labute approximate surface area is 106 Å². The van der Waals surface area contributed by atoms with Crippen LogP contribution in [-0.2, 0) is 4.79 Å². The second-order valence-corrected chi connectivity index (χ2v) is 5.21. The molecule has 0 aliphatic carbocycles. The van der Waals surface area contributed by atoms with E-state index in [9.17, 15) is 4.79 Å². The van der Waals surface area contributed by atoms with Gasteiger partial charge in [-0.05, 0) is 31.5 Å². The van der Waals surface area contributed by atoms with Crippen LogP contribution in [0.4, 0.5) is 0 Å². The first-order valence-electron chi connectivity index (χ1n) is 5.49. The van der Waals surface area contributed by atoms with Gasteiger partial charge in [0.15, 0.2) is 6.29 Å². The van der Waals surface area contributed by atoms with Crippen LogP contribution < -0.4 is 10.6 Å². The first-order valence-corrected chi connectivity index (χ1v) is 5.87. The zero-order chi connectivity index (χ0) is 12.5. The van der Waals surface area contributed by atoms with Crippen molar-refractivity contribution >= 4 is 23.5 Å². The predicted molar refractivity (Wildman–Crippen MR) is 69.7 cm³/mol. The van der Waals surface area contributed by atoms with Crippen LogP contribution in [0, 0.1) is 0 Å². The first-order chi connectivity index (χ1) is 8.02. The molecule has 0 amide bonds. The summed E-state index contributed by atoms with van der Waals surface area (Å²) in [5.41, 5.74) is 1.46. The van der Waals surface area contributed by atoms with Crippen molar-refractivity contribution in [3.63, 3.8) is 0 Å². The van der Waals surface area contributed by atoms with E-state index in [4.69, 9.17) is 11.6 Å². The molecule has 4 heteroatoms. The Balaban J connectivity index is 2.37. The number of carbonyl (C=O) groups is 1. The maximum atomic E-state index is 11.2. The molecule has 0 aromatic heterocycles. The molecule has 0 radical (unpaired) electrons. The lowest BCUT2D eigenvalue weighted by Gasteiger charge is -2.16. The van der Waals surface area contributed by atoms with Crippen LogP contribution in [-0.4, -0.2) is 18.4 Å². The van der Waals surface area contributed by atoms with Crippen molar-refractivity contribution in [2.45, 2.75) is 19.4 Å². The van der Waals surface area contributed by atoms with Crippen LogP contribution in [0.25, 0.3) is 5.57 Å². The highest BCUT2D eigenvalue weighted by atomic mass is 35.5. The number of hydrogen-bond donors (Lipinski definition) is 2. The minimum Gasteiger partial charge on any atom is -0.369 e. The molecule has 1 aliphatic rings. The molecule has 3 nitrogen and oxygen atoms in total. The van der Waals surface area contributed by atoms with Crippen molar-refractivity contribution in [1.29, 1.82) is 0 Å². The minimum absolute atomic E-state index is 0.0317. The predicted octanol–water partition coefficient (Wildman–Crippen LogP) is 2.18. The molecule has 1 saturated heterocycles. The van der Waals surface area contributed by atoms with E-state index in [1.54, 1.807) is 12.1 Å². The Morgan fingerprint density at radius 1 is 1.35 bits per heavy atom. The standard InChI is InChI=1S/C13H15ClN2O/c1-13(2)8-15-12(16-13)11(7-17)9-3-5-10(14)6-4-9/h3-7,15-16H,8H2,1-2H3. The van der Waals surface area contributed by atoms with Gasteiger partial charge in [-0.25, -0.2) is 0 Å². The fourth-order valence-corrected chi connectivity index (χ4v) is 1.93. The highest BCUT2D eigenvalue weighted by Gasteiger charge is 2.27. The van der Waals surface area contributed by atoms with Gasteiger partial charge in [-0.3, -0.25) is 4.79 Å². The second-order valence-electron chi connectivity index (χ2n) is 4.78. The van der Waals surface area contributed by atoms with Gasteiger partial charge in [-0.2, -0.15) is 0 Å². The van der Waals surface area contributed by atoms with Gasteiger partial charge in [0.25, 0.3) is 0 Å². The summed E-state index contributed by atoms with van der Waals surface area (Å²) in [6.07, 6.45) is 0.861. The zero-order valence-electron chi connectivity index (χ0n) is 9.88. The number of allylic oxidation sites excluding steroid dienone is 1. The Morgan fingerprint density at radius 2 is 2.00 bits per heavy atom. The maximum Gasteiger partial charge on any atom is 0.154 e. The molecule has 90 valence electrons. The van der Waals surface area contributed by atoms with Crippen molar-refractivity contribution in [3.8, 4) is 0 Å². The molecule has 1 aromatic carbocycles. The summed E-state index contributed by atoms with van der Waals surface area (Å²) in [4.78, 5) is 11.2. The number of benzene rings is 1. The van der Waals surface area contributed by atoms with Crippen LogP contribution in [0.2, 0.25) is 5.02 Å². The number of aldehydes is 1. The summed E-state index contributed by atoms with van der Waals surface area (Å²) < 4.78 is 0. The Bertz CT molecular complexity index is 463. The SMILES string of the molecule is CC1(C)CNC(=C(C=O)c2ccc(Cl)cc2)N1. The summed E-state index contributed by atoms with van der Waals surface area (Å²) >= 11 is 5.83. The third kappa shape index (κ3) is 2.61. The largest absolute Gasteiger partial charge is 0.369 e. The molecular weight excluding hydrogens is 236 g/mol. The van der Waals surface area contributed by atoms with Gasteiger partial charge in [0.05, 0.1) is 11.1 Å². The Kier molecular flexibility index (Phi) is 3.11. The molecular formula is C13H15ClN2O.